The third-order valence-corrected chi connectivity index (χ3v) is 2.29. The van der Waals surface area contributed by atoms with Gasteiger partial charge in [0.1, 0.15) is 0 Å². The second-order valence-corrected chi connectivity index (χ2v) is 3.74. The number of carbonyl (C=O) groups is 2. The Hall–Kier alpha value is -1.58. The third-order valence-electron chi connectivity index (χ3n) is 2.29. The molecule has 4 nitrogen and oxygen atoms in total. The van der Waals surface area contributed by atoms with Gasteiger partial charge in [-0.1, -0.05) is 0 Å². The van der Waals surface area contributed by atoms with Crippen LogP contribution in [0.2, 0.25) is 0 Å². The molecule has 1 aromatic rings. The normalized spacial score (nSPS) is 10.2. The number of hydrogen-bond acceptors (Lipinski definition) is 3. The van der Waals surface area contributed by atoms with E-state index in [0.29, 0.717) is 12.3 Å². The van der Waals surface area contributed by atoms with Crippen molar-refractivity contribution in [1.29, 1.82) is 0 Å². The van der Waals surface area contributed by atoms with Gasteiger partial charge in [-0.3, -0.25) is 9.59 Å². The minimum atomic E-state index is -0.322. The highest BCUT2D eigenvalue weighted by molar-refractivity contribution is 5.97. The molecule has 0 aromatic carbocycles. The van der Waals surface area contributed by atoms with E-state index in [4.69, 9.17) is 4.74 Å². The van der Waals surface area contributed by atoms with Gasteiger partial charge in [-0.15, -0.1) is 0 Å². The lowest BCUT2D eigenvalue weighted by Crippen LogP contribution is -2.08. The first-order valence-electron chi connectivity index (χ1n) is 5.39. The van der Waals surface area contributed by atoms with Gasteiger partial charge in [0.2, 0.25) is 0 Å². The molecule has 0 fully saturated rings. The zero-order valence-corrected chi connectivity index (χ0v) is 9.92. The Morgan fingerprint density at radius 1 is 1.31 bits per heavy atom. The second-order valence-electron chi connectivity index (χ2n) is 3.74. The summed E-state index contributed by atoms with van der Waals surface area (Å²) in [5.74, 6) is -0.365. The lowest BCUT2D eigenvalue weighted by molar-refractivity contribution is -0.143. The molecule has 0 spiro atoms. The number of aromatic amines is 1. The predicted molar refractivity (Wildman–Crippen MR) is 60.5 cm³/mol. The summed E-state index contributed by atoms with van der Waals surface area (Å²) in [5, 5.41) is 0. The average molecular weight is 223 g/mol. The van der Waals surface area contributed by atoms with Crippen LogP contribution in [0, 0.1) is 13.8 Å². The summed E-state index contributed by atoms with van der Waals surface area (Å²) in [6, 6.07) is 1.91. The number of ether oxygens (including phenoxy) is 1. The van der Waals surface area contributed by atoms with Crippen LogP contribution in [-0.2, 0) is 9.53 Å². The number of carbonyl (C=O) groups excluding carboxylic acids is 2. The monoisotopic (exact) mass is 223 g/mol. The molecule has 1 N–H and O–H groups in total. The van der Waals surface area contributed by atoms with Crippen LogP contribution in [0.4, 0.5) is 0 Å². The van der Waals surface area contributed by atoms with Crippen LogP contribution in [0.1, 0.15) is 41.5 Å². The molecular weight excluding hydrogens is 206 g/mol. The number of hydrogen-bond donors (Lipinski definition) is 1. The molecule has 0 radical (unpaired) electrons. The summed E-state index contributed by atoms with van der Waals surface area (Å²) in [7, 11) is 0. The molecular formula is C12H17NO3. The van der Waals surface area contributed by atoms with Crippen LogP contribution in [0.15, 0.2) is 6.07 Å². The molecule has 0 bridgehead atoms. The summed E-state index contributed by atoms with van der Waals surface area (Å²) in [5.41, 5.74) is 2.48. The standard InChI is InChI=1S/C12H17NO3/c1-4-16-11(15)6-5-10(14)12-8(2)7-9(3)13-12/h7,13H,4-6H2,1-3H3. The van der Waals surface area contributed by atoms with E-state index >= 15 is 0 Å². The van der Waals surface area contributed by atoms with E-state index < -0.39 is 0 Å². The fourth-order valence-corrected chi connectivity index (χ4v) is 1.59. The fourth-order valence-electron chi connectivity index (χ4n) is 1.59. The van der Waals surface area contributed by atoms with E-state index in [1.165, 1.54) is 0 Å². The number of H-pyrrole nitrogens is 1. The zero-order valence-electron chi connectivity index (χ0n) is 9.92. The highest BCUT2D eigenvalue weighted by Gasteiger charge is 2.13. The SMILES string of the molecule is CCOC(=O)CCC(=O)c1[nH]c(C)cc1C. The molecule has 0 aliphatic heterocycles. The van der Waals surface area contributed by atoms with Crippen molar-refractivity contribution in [3.63, 3.8) is 0 Å². The maximum atomic E-state index is 11.7. The first kappa shape index (κ1) is 12.5. The second kappa shape index (κ2) is 5.49. The molecule has 0 aliphatic rings. The van der Waals surface area contributed by atoms with E-state index in [2.05, 4.69) is 4.98 Å². The number of nitrogens with one attached hydrogen (secondary N) is 1. The highest BCUT2D eigenvalue weighted by Crippen LogP contribution is 2.12. The van der Waals surface area contributed by atoms with Crippen molar-refractivity contribution in [2.75, 3.05) is 6.61 Å². The maximum Gasteiger partial charge on any atom is 0.306 e. The summed E-state index contributed by atoms with van der Waals surface area (Å²) < 4.78 is 4.76. The summed E-state index contributed by atoms with van der Waals surface area (Å²) in [6.45, 7) is 5.88. The van der Waals surface area contributed by atoms with Gasteiger partial charge in [-0.2, -0.15) is 0 Å². The van der Waals surface area contributed by atoms with Crippen molar-refractivity contribution < 1.29 is 14.3 Å². The molecule has 0 saturated heterocycles. The molecule has 1 rings (SSSR count). The van der Waals surface area contributed by atoms with E-state index in [9.17, 15) is 9.59 Å². The van der Waals surface area contributed by atoms with Crippen molar-refractivity contribution in [3.8, 4) is 0 Å². The Kier molecular flexibility index (Phi) is 4.28. The van der Waals surface area contributed by atoms with E-state index in [1.54, 1.807) is 6.92 Å². The van der Waals surface area contributed by atoms with Gasteiger partial charge in [0.15, 0.2) is 5.78 Å². The number of Topliss-reactive ketones (excluding diaryl/α,β-unsaturated/α-hetero) is 1. The van der Waals surface area contributed by atoms with E-state index in [-0.39, 0.29) is 24.6 Å². The topological polar surface area (TPSA) is 59.2 Å². The van der Waals surface area contributed by atoms with Crippen LogP contribution in [0.25, 0.3) is 0 Å². The van der Waals surface area contributed by atoms with Gasteiger partial charge in [0, 0.05) is 12.1 Å². The van der Waals surface area contributed by atoms with Crippen LogP contribution >= 0.6 is 0 Å². The van der Waals surface area contributed by atoms with Crippen LogP contribution in [0.3, 0.4) is 0 Å². The Morgan fingerprint density at radius 2 is 2.00 bits per heavy atom. The maximum absolute atomic E-state index is 11.7. The zero-order chi connectivity index (χ0) is 12.1. The van der Waals surface area contributed by atoms with Gasteiger partial charge < -0.3 is 9.72 Å². The summed E-state index contributed by atoms with van der Waals surface area (Å²) >= 11 is 0. The molecule has 0 aliphatic carbocycles. The predicted octanol–water partition coefficient (Wildman–Crippen LogP) is 2.16. The Balaban J connectivity index is 2.53. The number of aromatic nitrogens is 1. The molecule has 0 unspecified atom stereocenters. The summed E-state index contributed by atoms with van der Waals surface area (Å²) in [6.07, 6.45) is 0.337. The Morgan fingerprint density at radius 3 is 2.50 bits per heavy atom. The van der Waals surface area contributed by atoms with Gasteiger partial charge in [-0.05, 0) is 32.4 Å². The van der Waals surface area contributed by atoms with Crippen molar-refractivity contribution in [2.24, 2.45) is 0 Å². The smallest absolute Gasteiger partial charge is 0.306 e. The molecule has 0 atom stereocenters. The number of esters is 1. The fraction of sp³-hybridized carbons (Fsp3) is 0.500. The van der Waals surface area contributed by atoms with Crippen molar-refractivity contribution in [3.05, 3.63) is 23.0 Å². The molecule has 1 aromatic heterocycles. The van der Waals surface area contributed by atoms with E-state index in [0.717, 1.165) is 11.3 Å². The highest BCUT2D eigenvalue weighted by atomic mass is 16.5. The van der Waals surface area contributed by atoms with Crippen molar-refractivity contribution >= 4 is 11.8 Å². The van der Waals surface area contributed by atoms with Gasteiger partial charge in [0.25, 0.3) is 0 Å². The van der Waals surface area contributed by atoms with E-state index in [1.807, 2.05) is 19.9 Å². The molecule has 88 valence electrons. The molecule has 1 heterocycles. The average Bonchev–Trinajstić information content (AvgIpc) is 2.55. The van der Waals surface area contributed by atoms with Crippen molar-refractivity contribution in [2.45, 2.75) is 33.6 Å². The lowest BCUT2D eigenvalue weighted by Gasteiger charge is -2.01. The molecule has 16 heavy (non-hydrogen) atoms. The first-order valence-corrected chi connectivity index (χ1v) is 5.39. The van der Waals surface area contributed by atoms with Gasteiger partial charge in [0.05, 0.1) is 18.7 Å². The molecule has 0 amide bonds. The van der Waals surface area contributed by atoms with Gasteiger partial charge >= 0.3 is 5.97 Å². The molecule has 0 saturated carbocycles. The summed E-state index contributed by atoms with van der Waals surface area (Å²) in [4.78, 5) is 25.8. The number of ketones is 1. The quantitative estimate of drug-likeness (QED) is 0.614. The van der Waals surface area contributed by atoms with Crippen LogP contribution in [0.5, 0.6) is 0 Å². The minimum absolute atomic E-state index is 0.0429. The third kappa shape index (κ3) is 3.22. The van der Waals surface area contributed by atoms with Crippen LogP contribution < -0.4 is 0 Å². The van der Waals surface area contributed by atoms with Gasteiger partial charge in [-0.25, -0.2) is 0 Å². The Bertz CT molecular complexity index is 393. The largest absolute Gasteiger partial charge is 0.466 e. The molecule has 4 heteroatoms. The minimum Gasteiger partial charge on any atom is -0.466 e. The lowest BCUT2D eigenvalue weighted by atomic mass is 10.1. The number of rotatable bonds is 5. The van der Waals surface area contributed by atoms with Crippen molar-refractivity contribution in [1.82, 2.24) is 4.98 Å². The van der Waals surface area contributed by atoms with Crippen LogP contribution in [-0.4, -0.2) is 23.3 Å². The Labute approximate surface area is 95.0 Å². The number of aryl methyl sites for hydroxylation is 2. The first-order chi connectivity index (χ1) is 7.54.